The Morgan fingerprint density at radius 1 is 1.44 bits per heavy atom. The predicted octanol–water partition coefficient (Wildman–Crippen LogP) is 2.05. The zero-order chi connectivity index (χ0) is 11.4. The van der Waals surface area contributed by atoms with Gasteiger partial charge in [0.25, 0.3) is 0 Å². The average molecular weight is 215 g/mol. The maximum Gasteiger partial charge on any atom is 0.342 e. The van der Waals surface area contributed by atoms with Crippen molar-refractivity contribution in [2.24, 2.45) is 0 Å². The van der Waals surface area contributed by atoms with Crippen LogP contribution in [-0.4, -0.2) is 22.8 Å². The van der Waals surface area contributed by atoms with Crippen LogP contribution in [-0.2, 0) is 4.74 Å². The fourth-order valence-corrected chi connectivity index (χ4v) is 1.41. The third-order valence-electron chi connectivity index (χ3n) is 2.11. The van der Waals surface area contributed by atoms with Crippen LogP contribution in [0.25, 0.3) is 11.3 Å². The molecule has 2 aromatic rings. The first-order valence-corrected chi connectivity index (χ1v) is 5.01. The van der Waals surface area contributed by atoms with Crippen molar-refractivity contribution in [3.05, 3.63) is 42.1 Å². The van der Waals surface area contributed by atoms with E-state index in [2.05, 4.69) is 16.4 Å². The van der Waals surface area contributed by atoms with Crippen molar-refractivity contribution in [2.75, 3.05) is 6.61 Å². The zero-order valence-corrected chi connectivity index (χ0v) is 8.86. The van der Waals surface area contributed by atoms with E-state index in [0.29, 0.717) is 17.9 Å². The van der Waals surface area contributed by atoms with Gasteiger partial charge >= 0.3 is 5.97 Å². The van der Waals surface area contributed by atoms with Crippen molar-refractivity contribution in [2.45, 2.75) is 6.92 Å². The van der Waals surface area contributed by atoms with E-state index in [4.69, 9.17) is 4.74 Å². The summed E-state index contributed by atoms with van der Waals surface area (Å²) < 4.78 is 4.92. The number of carbonyl (C=O) groups excluding carboxylic acids is 1. The molecule has 0 aliphatic heterocycles. The van der Waals surface area contributed by atoms with E-state index in [1.807, 2.05) is 30.3 Å². The molecule has 4 heteroatoms. The quantitative estimate of drug-likeness (QED) is 0.797. The first-order chi connectivity index (χ1) is 7.83. The summed E-state index contributed by atoms with van der Waals surface area (Å²) >= 11 is 0. The molecule has 16 heavy (non-hydrogen) atoms. The lowest BCUT2D eigenvalue weighted by Crippen LogP contribution is -2.05. The van der Waals surface area contributed by atoms with E-state index in [1.165, 1.54) is 0 Å². The largest absolute Gasteiger partial charge is 0.462 e. The average Bonchev–Trinajstić information content (AvgIpc) is 2.79. The third kappa shape index (κ3) is 1.95. The van der Waals surface area contributed by atoms with Gasteiger partial charge in [-0.15, -0.1) is 0 Å². The Hall–Kier alpha value is -2.10. The standard InChI is InChI=1S/C12H11N2O2/c1-2-16-12(15)10-8-13-14-11(10)9-6-4-3-5-7-9/h3-7H,2H2,1H3,(H,13,14). The van der Waals surface area contributed by atoms with Crippen LogP contribution in [0.4, 0.5) is 0 Å². The molecule has 0 atom stereocenters. The molecule has 0 aliphatic rings. The fourth-order valence-electron chi connectivity index (χ4n) is 1.41. The third-order valence-corrected chi connectivity index (χ3v) is 2.11. The van der Waals surface area contributed by atoms with Crippen molar-refractivity contribution >= 4 is 5.97 Å². The maximum absolute atomic E-state index is 11.6. The molecule has 81 valence electrons. The van der Waals surface area contributed by atoms with Crippen molar-refractivity contribution in [3.8, 4) is 11.3 Å². The van der Waals surface area contributed by atoms with Crippen LogP contribution in [0.15, 0.2) is 30.3 Å². The van der Waals surface area contributed by atoms with E-state index >= 15 is 0 Å². The van der Waals surface area contributed by atoms with Gasteiger partial charge in [0.2, 0.25) is 0 Å². The lowest BCUT2D eigenvalue weighted by Gasteiger charge is -2.01. The SMILES string of the molecule is CCOC(=O)c1[c][nH]nc1-c1ccccc1. The number of H-pyrrole nitrogens is 1. The minimum Gasteiger partial charge on any atom is -0.462 e. The summed E-state index contributed by atoms with van der Waals surface area (Å²) in [4.78, 5) is 11.6. The lowest BCUT2D eigenvalue weighted by atomic mass is 10.1. The number of benzene rings is 1. The van der Waals surface area contributed by atoms with Crippen molar-refractivity contribution in [3.63, 3.8) is 0 Å². The van der Waals surface area contributed by atoms with Gasteiger partial charge in [0.15, 0.2) is 0 Å². The number of nitrogens with one attached hydrogen (secondary N) is 1. The van der Waals surface area contributed by atoms with E-state index < -0.39 is 5.97 Å². The second kappa shape index (κ2) is 4.61. The number of nitrogens with zero attached hydrogens (tertiary/aromatic N) is 1. The number of hydrogen-bond donors (Lipinski definition) is 1. The lowest BCUT2D eigenvalue weighted by molar-refractivity contribution is 0.0527. The van der Waals surface area contributed by atoms with Crippen molar-refractivity contribution in [1.29, 1.82) is 0 Å². The predicted molar refractivity (Wildman–Crippen MR) is 58.8 cm³/mol. The Morgan fingerprint density at radius 3 is 2.88 bits per heavy atom. The molecular formula is C12H11N2O2. The van der Waals surface area contributed by atoms with Crippen LogP contribution in [0.2, 0.25) is 0 Å². The monoisotopic (exact) mass is 215 g/mol. The second-order valence-electron chi connectivity index (χ2n) is 3.16. The Kier molecular flexibility index (Phi) is 3.00. The molecule has 0 bridgehead atoms. The number of ether oxygens (including phenoxy) is 1. The molecule has 0 amide bonds. The Labute approximate surface area is 93.3 Å². The van der Waals surface area contributed by atoms with Gasteiger partial charge in [0, 0.05) is 5.56 Å². The summed E-state index contributed by atoms with van der Waals surface area (Å²) in [6.45, 7) is 2.10. The molecule has 1 heterocycles. The topological polar surface area (TPSA) is 55.0 Å². The normalized spacial score (nSPS) is 10.1. The Morgan fingerprint density at radius 2 is 2.19 bits per heavy atom. The Bertz CT molecular complexity index is 477. The summed E-state index contributed by atoms with van der Waals surface area (Å²) in [5.41, 5.74) is 1.77. The van der Waals surface area contributed by atoms with Crippen LogP contribution < -0.4 is 0 Å². The summed E-state index contributed by atoms with van der Waals surface area (Å²) in [6, 6.07) is 9.45. The van der Waals surface area contributed by atoms with Gasteiger partial charge in [0.1, 0.15) is 11.3 Å². The molecule has 4 nitrogen and oxygen atoms in total. The molecule has 0 fully saturated rings. The number of aromatic amines is 1. The number of rotatable bonds is 3. The van der Waals surface area contributed by atoms with E-state index in [0.717, 1.165) is 5.56 Å². The van der Waals surface area contributed by atoms with Crippen LogP contribution in [0.3, 0.4) is 0 Å². The van der Waals surface area contributed by atoms with E-state index in [-0.39, 0.29) is 0 Å². The van der Waals surface area contributed by atoms with Crippen LogP contribution in [0, 0.1) is 6.20 Å². The summed E-state index contributed by atoms with van der Waals surface area (Å²) in [6.07, 6.45) is 2.68. The highest BCUT2D eigenvalue weighted by Gasteiger charge is 2.16. The second-order valence-corrected chi connectivity index (χ2v) is 3.16. The molecule has 1 aromatic heterocycles. The van der Waals surface area contributed by atoms with Crippen molar-refractivity contribution < 1.29 is 9.53 Å². The van der Waals surface area contributed by atoms with Crippen LogP contribution in [0.5, 0.6) is 0 Å². The highest BCUT2D eigenvalue weighted by molar-refractivity contribution is 5.95. The number of hydrogen-bond acceptors (Lipinski definition) is 3. The molecule has 2 rings (SSSR count). The van der Waals surface area contributed by atoms with Crippen molar-refractivity contribution in [1.82, 2.24) is 10.2 Å². The van der Waals surface area contributed by atoms with Crippen LogP contribution >= 0.6 is 0 Å². The maximum atomic E-state index is 11.6. The molecule has 0 saturated carbocycles. The fraction of sp³-hybridized carbons (Fsp3) is 0.167. The van der Waals surface area contributed by atoms with Gasteiger partial charge in [0.05, 0.1) is 12.8 Å². The minimum atomic E-state index is -0.407. The summed E-state index contributed by atoms with van der Waals surface area (Å²) in [7, 11) is 0. The molecular weight excluding hydrogens is 204 g/mol. The van der Waals surface area contributed by atoms with Gasteiger partial charge in [-0.2, -0.15) is 5.10 Å². The van der Waals surface area contributed by atoms with Gasteiger partial charge in [-0.05, 0) is 6.92 Å². The van der Waals surface area contributed by atoms with Gasteiger partial charge in [-0.25, -0.2) is 4.79 Å². The number of aromatic nitrogens is 2. The molecule has 0 spiro atoms. The molecule has 1 radical (unpaired) electrons. The first kappa shape index (κ1) is 10.4. The van der Waals surface area contributed by atoms with Gasteiger partial charge in [-0.3, -0.25) is 5.10 Å². The Balaban J connectivity index is 2.37. The van der Waals surface area contributed by atoms with Crippen LogP contribution in [0.1, 0.15) is 17.3 Å². The highest BCUT2D eigenvalue weighted by Crippen LogP contribution is 2.20. The van der Waals surface area contributed by atoms with Gasteiger partial charge < -0.3 is 4.74 Å². The molecule has 1 aromatic carbocycles. The molecule has 1 N–H and O–H groups in total. The first-order valence-electron chi connectivity index (χ1n) is 5.01. The molecule has 0 unspecified atom stereocenters. The zero-order valence-electron chi connectivity index (χ0n) is 8.86. The smallest absolute Gasteiger partial charge is 0.342 e. The highest BCUT2D eigenvalue weighted by atomic mass is 16.5. The van der Waals surface area contributed by atoms with E-state index in [1.54, 1.807) is 6.92 Å². The van der Waals surface area contributed by atoms with Gasteiger partial charge in [-0.1, -0.05) is 30.3 Å². The minimum absolute atomic E-state index is 0.339. The summed E-state index contributed by atoms with van der Waals surface area (Å²) in [5.74, 6) is -0.407. The summed E-state index contributed by atoms with van der Waals surface area (Å²) in [5, 5.41) is 6.57. The molecule has 0 aliphatic carbocycles. The molecule has 0 saturated heterocycles. The number of esters is 1. The van der Waals surface area contributed by atoms with E-state index in [9.17, 15) is 4.79 Å². The number of carbonyl (C=O) groups is 1.